The Bertz CT molecular complexity index is 344. The van der Waals surface area contributed by atoms with Crippen molar-refractivity contribution in [3.8, 4) is 5.75 Å². The number of thioether (sulfide) groups is 1. The molecule has 0 aliphatic rings. The average molecular weight is 214 g/mol. The van der Waals surface area contributed by atoms with Crippen molar-refractivity contribution in [2.75, 3.05) is 7.11 Å². The quantitative estimate of drug-likeness (QED) is 0.597. The number of nitrogens with one attached hydrogen (secondary N) is 1. The molecule has 0 heterocycles. The third-order valence-corrected chi connectivity index (χ3v) is 2.41. The van der Waals surface area contributed by atoms with Gasteiger partial charge >= 0.3 is 0 Å². The molecule has 0 atom stereocenters. The van der Waals surface area contributed by atoms with Crippen LogP contribution >= 0.6 is 11.8 Å². The second kappa shape index (κ2) is 4.85. The number of amidine groups is 1. The zero-order valence-electron chi connectivity index (χ0n) is 7.71. The van der Waals surface area contributed by atoms with Crippen LogP contribution in [0.3, 0.4) is 0 Å². The lowest BCUT2D eigenvalue weighted by molar-refractivity contribution is 0.411. The third-order valence-electron chi connectivity index (χ3n) is 1.64. The minimum absolute atomic E-state index is 0.0137. The van der Waals surface area contributed by atoms with Gasteiger partial charge in [-0.2, -0.15) is 0 Å². The molecule has 0 radical (unpaired) electrons. The average Bonchev–Trinajstić information content (AvgIpc) is 2.15. The second-order valence-electron chi connectivity index (χ2n) is 2.61. The van der Waals surface area contributed by atoms with Gasteiger partial charge in [-0.05, 0) is 11.6 Å². The monoisotopic (exact) mass is 214 g/mol. The van der Waals surface area contributed by atoms with E-state index in [1.54, 1.807) is 12.1 Å². The van der Waals surface area contributed by atoms with E-state index in [0.717, 1.165) is 11.8 Å². The molecule has 76 valence electrons. The minimum atomic E-state index is -0.335. The van der Waals surface area contributed by atoms with E-state index < -0.39 is 0 Å². The molecule has 3 N–H and O–H groups in total. The Hall–Kier alpha value is -1.23. The summed E-state index contributed by atoms with van der Waals surface area (Å²) in [6.07, 6.45) is 0. The van der Waals surface area contributed by atoms with Crippen LogP contribution in [0.4, 0.5) is 4.39 Å². The molecule has 3 nitrogen and oxygen atoms in total. The van der Waals surface area contributed by atoms with Crippen LogP contribution in [0.2, 0.25) is 0 Å². The van der Waals surface area contributed by atoms with E-state index >= 15 is 0 Å². The van der Waals surface area contributed by atoms with Gasteiger partial charge in [0.15, 0.2) is 5.17 Å². The van der Waals surface area contributed by atoms with Crippen LogP contribution in [0.1, 0.15) is 5.56 Å². The summed E-state index contributed by atoms with van der Waals surface area (Å²) in [6, 6.07) is 4.62. The van der Waals surface area contributed by atoms with Gasteiger partial charge in [-0.25, -0.2) is 4.39 Å². The molecule has 0 unspecified atom stereocenters. The van der Waals surface area contributed by atoms with Gasteiger partial charge in [0, 0.05) is 11.8 Å². The summed E-state index contributed by atoms with van der Waals surface area (Å²) >= 11 is 1.09. The summed E-state index contributed by atoms with van der Waals surface area (Å²) in [5, 5.41) is 6.97. The molecule has 0 saturated carbocycles. The fraction of sp³-hybridized carbons (Fsp3) is 0.222. The number of hydrogen-bond donors (Lipinski definition) is 2. The van der Waals surface area contributed by atoms with Crippen LogP contribution in [0.15, 0.2) is 18.2 Å². The Morgan fingerprint density at radius 1 is 1.64 bits per heavy atom. The standard InChI is InChI=1S/C9H11FN2OS/c1-13-7-3-2-6(8(10)4-7)5-14-9(11)12/h2-4H,5H2,1H3,(H3,11,12). The molecule has 1 rings (SSSR count). The first-order valence-corrected chi connectivity index (χ1v) is 4.91. The lowest BCUT2D eigenvalue weighted by atomic mass is 10.2. The van der Waals surface area contributed by atoms with Crippen LogP contribution in [-0.2, 0) is 5.75 Å². The molecule has 0 fully saturated rings. The van der Waals surface area contributed by atoms with Gasteiger partial charge in [-0.3, -0.25) is 5.41 Å². The normalized spacial score (nSPS) is 9.86. The van der Waals surface area contributed by atoms with Gasteiger partial charge in [0.1, 0.15) is 11.6 Å². The molecule has 1 aromatic rings. The predicted molar refractivity (Wildman–Crippen MR) is 56.2 cm³/mol. The highest BCUT2D eigenvalue weighted by Crippen LogP contribution is 2.20. The fourth-order valence-corrected chi connectivity index (χ4v) is 1.47. The highest BCUT2D eigenvalue weighted by atomic mass is 32.2. The first-order chi connectivity index (χ1) is 6.63. The molecule has 14 heavy (non-hydrogen) atoms. The largest absolute Gasteiger partial charge is 0.497 e. The van der Waals surface area contributed by atoms with Crippen molar-refractivity contribution >= 4 is 16.9 Å². The molecular weight excluding hydrogens is 203 g/mol. The Labute approximate surface area is 86.0 Å². The van der Waals surface area contributed by atoms with Gasteiger partial charge < -0.3 is 10.5 Å². The highest BCUT2D eigenvalue weighted by molar-refractivity contribution is 8.13. The molecule has 1 aromatic carbocycles. The van der Waals surface area contributed by atoms with E-state index in [1.165, 1.54) is 13.2 Å². The van der Waals surface area contributed by atoms with Gasteiger partial charge in [-0.15, -0.1) is 0 Å². The van der Waals surface area contributed by atoms with Crippen molar-refractivity contribution < 1.29 is 9.13 Å². The SMILES string of the molecule is COc1ccc(CSC(=N)N)c(F)c1. The van der Waals surface area contributed by atoms with Crippen LogP contribution in [0.5, 0.6) is 5.75 Å². The Balaban J connectivity index is 2.73. The number of halogens is 1. The molecule has 0 bridgehead atoms. The van der Waals surface area contributed by atoms with Crippen molar-refractivity contribution in [2.45, 2.75) is 5.75 Å². The predicted octanol–water partition coefficient (Wildman–Crippen LogP) is 1.96. The molecule has 5 heteroatoms. The summed E-state index contributed by atoms with van der Waals surface area (Å²) in [4.78, 5) is 0. The van der Waals surface area contributed by atoms with E-state index in [0.29, 0.717) is 17.1 Å². The number of rotatable bonds is 3. The van der Waals surface area contributed by atoms with Crippen molar-refractivity contribution in [3.05, 3.63) is 29.6 Å². The maximum atomic E-state index is 13.3. The van der Waals surface area contributed by atoms with Gasteiger partial charge in [0.25, 0.3) is 0 Å². The smallest absolute Gasteiger partial charge is 0.151 e. The maximum Gasteiger partial charge on any atom is 0.151 e. The Morgan fingerprint density at radius 3 is 2.86 bits per heavy atom. The molecular formula is C9H11FN2OS. The van der Waals surface area contributed by atoms with Crippen LogP contribution in [0, 0.1) is 11.2 Å². The Morgan fingerprint density at radius 2 is 2.36 bits per heavy atom. The maximum absolute atomic E-state index is 13.3. The van der Waals surface area contributed by atoms with Crippen molar-refractivity contribution in [1.82, 2.24) is 0 Å². The van der Waals surface area contributed by atoms with E-state index in [2.05, 4.69) is 0 Å². The third kappa shape index (κ3) is 2.92. The number of hydrogen-bond acceptors (Lipinski definition) is 3. The summed E-state index contributed by atoms with van der Waals surface area (Å²) in [5.74, 6) is 0.516. The van der Waals surface area contributed by atoms with Crippen molar-refractivity contribution in [2.24, 2.45) is 5.73 Å². The lowest BCUT2D eigenvalue weighted by Crippen LogP contribution is -2.04. The molecule has 0 aromatic heterocycles. The second-order valence-corrected chi connectivity index (χ2v) is 3.63. The number of nitrogens with two attached hydrogens (primary N) is 1. The summed E-state index contributed by atoms with van der Waals surface area (Å²) in [5.41, 5.74) is 5.66. The summed E-state index contributed by atoms with van der Waals surface area (Å²) in [6.45, 7) is 0. The summed E-state index contributed by atoms with van der Waals surface area (Å²) in [7, 11) is 1.48. The number of benzene rings is 1. The fourth-order valence-electron chi connectivity index (χ4n) is 0.928. The van der Waals surface area contributed by atoms with E-state index in [4.69, 9.17) is 15.9 Å². The van der Waals surface area contributed by atoms with Gasteiger partial charge in [0.05, 0.1) is 7.11 Å². The van der Waals surface area contributed by atoms with E-state index in [-0.39, 0.29) is 11.0 Å². The van der Waals surface area contributed by atoms with Crippen LogP contribution in [0.25, 0.3) is 0 Å². The first-order valence-electron chi connectivity index (χ1n) is 3.92. The Kier molecular flexibility index (Phi) is 3.76. The number of methoxy groups -OCH3 is 1. The molecule has 0 spiro atoms. The van der Waals surface area contributed by atoms with Crippen molar-refractivity contribution in [1.29, 1.82) is 5.41 Å². The van der Waals surface area contributed by atoms with Crippen LogP contribution in [-0.4, -0.2) is 12.3 Å². The first kappa shape index (κ1) is 10.8. The molecule has 0 aliphatic heterocycles. The van der Waals surface area contributed by atoms with Gasteiger partial charge in [-0.1, -0.05) is 17.8 Å². The van der Waals surface area contributed by atoms with E-state index in [9.17, 15) is 4.39 Å². The van der Waals surface area contributed by atoms with Crippen LogP contribution < -0.4 is 10.5 Å². The highest BCUT2D eigenvalue weighted by Gasteiger charge is 2.04. The summed E-state index contributed by atoms with van der Waals surface area (Å²) < 4.78 is 18.1. The lowest BCUT2D eigenvalue weighted by Gasteiger charge is -2.04. The molecule has 0 saturated heterocycles. The zero-order chi connectivity index (χ0) is 10.6. The molecule has 0 amide bonds. The minimum Gasteiger partial charge on any atom is -0.497 e. The van der Waals surface area contributed by atoms with Gasteiger partial charge in [0.2, 0.25) is 0 Å². The van der Waals surface area contributed by atoms with E-state index in [1.807, 2.05) is 0 Å². The zero-order valence-corrected chi connectivity index (χ0v) is 8.53. The number of ether oxygens (including phenoxy) is 1. The van der Waals surface area contributed by atoms with Crippen molar-refractivity contribution in [3.63, 3.8) is 0 Å². The topological polar surface area (TPSA) is 59.1 Å². The molecule has 0 aliphatic carbocycles.